The van der Waals surface area contributed by atoms with Gasteiger partial charge in [0.2, 0.25) is 10.0 Å². The van der Waals surface area contributed by atoms with E-state index in [1.165, 1.54) is 0 Å². The van der Waals surface area contributed by atoms with Gasteiger partial charge in [0.15, 0.2) is 11.5 Å². The molecule has 0 spiro atoms. The van der Waals surface area contributed by atoms with Crippen molar-refractivity contribution in [1.29, 1.82) is 0 Å². The average Bonchev–Trinajstić information content (AvgIpc) is 3.08. The monoisotopic (exact) mass is 382 g/mol. The number of aliphatic hydroxyl groups is 1. The summed E-state index contributed by atoms with van der Waals surface area (Å²) in [6.45, 7) is 7.87. The van der Waals surface area contributed by atoms with Crippen LogP contribution in [0, 0.1) is 23.7 Å². The van der Waals surface area contributed by atoms with E-state index in [-0.39, 0.29) is 29.5 Å². The predicted octanol–water partition coefficient (Wildman–Crippen LogP) is 1.05. The molecule has 144 valence electrons. The molecule has 1 aromatic heterocycles. The molecule has 1 aliphatic heterocycles. The normalized spacial score (nSPS) is 21.0. The number of carbonyl (C=O) groups is 1. The Labute approximate surface area is 154 Å². The van der Waals surface area contributed by atoms with Crippen LogP contribution in [0.1, 0.15) is 44.0 Å². The van der Waals surface area contributed by atoms with Crippen LogP contribution in [0.2, 0.25) is 0 Å². The van der Waals surface area contributed by atoms with Gasteiger partial charge in [0.05, 0.1) is 6.26 Å². The zero-order valence-electron chi connectivity index (χ0n) is 15.7. The molecular formula is C18H26N2O5S. The molecule has 0 saturated carbocycles. The second-order valence-corrected chi connectivity index (χ2v) is 9.37. The number of amides is 1. The van der Waals surface area contributed by atoms with Crippen LogP contribution in [-0.4, -0.2) is 55.3 Å². The first kappa shape index (κ1) is 20.5. The van der Waals surface area contributed by atoms with Crippen LogP contribution in [0.4, 0.5) is 0 Å². The fraction of sp³-hybridized carbons (Fsp3) is 0.611. The van der Waals surface area contributed by atoms with Gasteiger partial charge in [-0.25, -0.2) is 13.1 Å². The van der Waals surface area contributed by atoms with E-state index in [0.29, 0.717) is 18.8 Å². The van der Waals surface area contributed by atoms with Crippen molar-refractivity contribution in [2.24, 2.45) is 11.8 Å². The largest absolute Gasteiger partial charge is 0.443 e. The Balaban J connectivity index is 2.14. The fourth-order valence-corrected chi connectivity index (χ4v) is 3.76. The standard InChI is InChI=1S/C18H26N2O5S/c1-12(2)14-10-20(11-15(14)19-26(5,23)24)17(21)16-7-6-13(25-16)8-9-18(3,4)22/h6-7,12,14-15,19,22H,10-11H2,1-5H3. The van der Waals surface area contributed by atoms with Crippen LogP contribution >= 0.6 is 0 Å². The molecule has 1 fully saturated rings. The summed E-state index contributed by atoms with van der Waals surface area (Å²) in [4.78, 5) is 14.3. The van der Waals surface area contributed by atoms with Crippen molar-refractivity contribution < 1.29 is 22.7 Å². The van der Waals surface area contributed by atoms with Gasteiger partial charge >= 0.3 is 0 Å². The molecule has 2 unspecified atom stereocenters. The highest BCUT2D eigenvalue weighted by molar-refractivity contribution is 7.88. The zero-order chi connectivity index (χ0) is 19.7. The van der Waals surface area contributed by atoms with E-state index in [2.05, 4.69) is 16.6 Å². The average molecular weight is 382 g/mol. The van der Waals surface area contributed by atoms with Gasteiger partial charge in [-0.1, -0.05) is 19.8 Å². The maximum absolute atomic E-state index is 12.7. The van der Waals surface area contributed by atoms with Gasteiger partial charge in [-0.15, -0.1) is 0 Å². The van der Waals surface area contributed by atoms with Gasteiger partial charge < -0.3 is 14.4 Å². The van der Waals surface area contributed by atoms with Crippen LogP contribution in [0.15, 0.2) is 16.5 Å². The highest BCUT2D eigenvalue weighted by Crippen LogP contribution is 2.26. The Morgan fingerprint density at radius 1 is 1.38 bits per heavy atom. The lowest BCUT2D eigenvalue weighted by Crippen LogP contribution is -2.41. The molecule has 8 heteroatoms. The van der Waals surface area contributed by atoms with Gasteiger partial charge in [0.25, 0.3) is 5.91 Å². The van der Waals surface area contributed by atoms with Gasteiger partial charge in [0.1, 0.15) is 5.60 Å². The minimum atomic E-state index is -3.36. The molecule has 1 amide bonds. The summed E-state index contributed by atoms with van der Waals surface area (Å²) >= 11 is 0. The minimum Gasteiger partial charge on any atom is -0.443 e. The molecule has 2 N–H and O–H groups in total. The summed E-state index contributed by atoms with van der Waals surface area (Å²) < 4.78 is 31.3. The van der Waals surface area contributed by atoms with Crippen LogP contribution in [0.25, 0.3) is 0 Å². The highest BCUT2D eigenvalue weighted by atomic mass is 32.2. The maximum Gasteiger partial charge on any atom is 0.289 e. The third-order valence-corrected chi connectivity index (χ3v) is 4.91. The first-order valence-corrected chi connectivity index (χ1v) is 10.4. The third kappa shape index (κ3) is 5.59. The lowest BCUT2D eigenvalue weighted by Gasteiger charge is -2.21. The van der Waals surface area contributed by atoms with Crippen molar-refractivity contribution >= 4 is 15.9 Å². The molecule has 0 radical (unpaired) electrons. The molecule has 26 heavy (non-hydrogen) atoms. The van der Waals surface area contributed by atoms with Gasteiger partial charge in [-0.2, -0.15) is 0 Å². The summed E-state index contributed by atoms with van der Waals surface area (Å²) in [5.41, 5.74) is -1.15. The van der Waals surface area contributed by atoms with Crippen molar-refractivity contribution in [2.45, 2.75) is 39.3 Å². The lowest BCUT2D eigenvalue weighted by molar-refractivity contribution is 0.0750. The second kappa shape index (κ2) is 7.43. The summed E-state index contributed by atoms with van der Waals surface area (Å²) in [6.07, 6.45) is 1.12. The van der Waals surface area contributed by atoms with Crippen LogP contribution in [0.5, 0.6) is 0 Å². The number of nitrogens with zero attached hydrogens (tertiary/aromatic N) is 1. The zero-order valence-corrected chi connectivity index (χ0v) is 16.6. The molecular weight excluding hydrogens is 356 g/mol. The highest BCUT2D eigenvalue weighted by Gasteiger charge is 2.39. The first-order valence-electron chi connectivity index (χ1n) is 8.47. The van der Waals surface area contributed by atoms with E-state index in [0.717, 1.165) is 6.26 Å². The van der Waals surface area contributed by atoms with Crippen molar-refractivity contribution in [2.75, 3.05) is 19.3 Å². The van der Waals surface area contributed by atoms with Gasteiger partial charge in [-0.05, 0) is 43.7 Å². The number of likely N-dealkylation sites (tertiary alicyclic amines) is 1. The molecule has 1 aliphatic rings. The van der Waals surface area contributed by atoms with E-state index in [1.54, 1.807) is 30.9 Å². The molecule has 2 heterocycles. The molecule has 0 aromatic carbocycles. The van der Waals surface area contributed by atoms with E-state index in [1.807, 2.05) is 13.8 Å². The SMILES string of the molecule is CC(C)C1CN(C(=O)c2ccc(C#CC(C)(C)O)o2)CC1NS(C)(=O)=O. The molecule has 7 nitrogen and oxygen atoms in total. The molecule has 2 atom stereocenters. The van der Waals surface area contributed by atoms with E-state index < -0.39 is 15.6 Å². The maximum atomic E-state index is 12.7. The van der Waals surface area contributed by atoms with Crippen molar-refractivity contribution in [3.8, 4) is 11.8 Å². The number of carbonyl (C=O) groups excluding carboxylic acids is 1. The second-order valence-electron chi connectivity index (χ2n) is 7.59. The Morgan fingerprint density at radius 2 is 2.04 bits per heavy atom. The van der Waals surface area contributed by atoms with Gasteiger partial charge in [0, 0.05) is 19.1 Å². The molecule has 0 bridgehead atoms. The molecule has 2 rings (SSSR count). The Bertz CT molecular complexity index is 824. The minimum absolute atomic E-state index is 0.0260. The number of hydrogen-bond acceptors (Lipinski definition) is 5. The van der Waals surface area contributed by atoms with Crippen molar-refractivity contribution in [3.63, 3.8) is 0 Å². The third-order valence-electron chi connectivity index (χ3n) is 4.18. The number of hydrogen-bond donors (Lipinski definition) is 2. The Kier molecular flexibility index (Phi) is 5.85. The fourth-order valence-electron chi connectivity index (χ4n) is 2.96. The first-order chi connectivity index (χ1) is 11.9. The van der Waals surface area contributed by atoms with Crippen molar-refractivity contribution in [1.82, 2.24) is 9.62 Å². The van der Waals surface area contributed by atoms with E-state index >= 15 is 0 Å². The molecule has 0 aliphatic carbocycles. The van der Waals surface area contributed by atoms with Crippen LogP contribution in [-0.2, 0) is 10.0 Å². The summed E-state index contributed by atoms with van der Waals surface area (Å²) in [5.74, 6) is 5.70. The lowest BCUT2D eigenvalue weighted by atomic mass is 9.92. The van der Waals surface area contributed by atoms with E-state index in [9.17, 15) is 18.3 Å². The summed E-state index contributed by atoms with van der Waals surface area (Å²) in [5, 5.41) is 9.62. The molecule has 1 aromatic rings. The van der Waals surface area contributed by atoms with Crippen LogP contribution in [0.3, 0.4) is 0 Å². The Morgan fingerprint density at radius 3 is 2.58 bits per heavy atom. The smallest absolute Gasteiger partial charge is 0.289 e. The molecule has 1 saturated heterocycles. The number of nitrogens with one attached hydrogen (secondary N) is 1. The number of furan rings is 1. The quantitative estimate of drug-likeness (QED) is 0.758. The number of rotatable bonds is 4. The van der Waals surface area contributed by atoms with Crippen molar-refractivity contribution in [3.05, 3.63) is 23.7 Å². The van der Waals surface area contributed by atoms with Gasteiger partial charge in [-0.3, -0.25) is 4.79 Å². The number of sulfonamides is 1. The predicted molar refractivity (Wildman–Crippen MR) is 97.9 cm³/mol. The Hall–Kier alpha value is -1.82. The summed E-state index contributed by atoms with van der Waals surface area (Å²) in [6, 6.07) is 2.80. The van der Waals surface area contributed by atoms with Crippen LogP contribution < -0.4 is 4.72 Å². The topological polar surface area (TPSA) is 99.8 Å². The van der Waals surface area contributed by atoms with E-state index in [4.69, 9.17) is 4.42 Å². The summed E-state index contributed by atoms with van der Waals surface area (Å²) in [7, 11) is -3.36.